The van der Waals surface area contributed by atoms with Crippen LogP contribution in [0.4, 0.5) is 9.18 Å². The Morgan fingerprint density at radius 1 is 1.21 bits per heavy atom. The molecule has 1 heterocycles. The van der Waals surface area contributed by atoms with Crippen molar-refractivity contribution < 1.29 is 23.5 Å². The number of amides is 3. The Bertz CT molecular complexity index is 758. The molecule has 0 aliphatic carbocycles. The lowest BCUT2D eigenvalue weighted by atomic mass is 9.88. The lowest BCUT2D eigenvalue weighted by Gasteiger charge is -2.39. The summed E-state index contributed by atoms with van der Waals surface area (Å²) < 4.78 is 19.4. The highest BCUT2D eigenvalue weighted by atomic mass is 79.9. The van der Waals surface area contributed by atoms with Crippen molar-refractivity contribution in [3.63, 3.8) is 0 Å². The van der Waals surface area contributed by atoms with Crippen molar-refractivity contribution in [1.29, 1.82) is 0 Å². The van der Waals surface area contributed by atoms with E-state index in [2.05, 4.69) is 21.2 Å². The van der Waals surface area contributed by atoms with Crippen LogP contribution < -0.4 is 5.32 Å². The van der Waals surface area contributed by atoms with Crippen LogP contribution in [0.2, 0.25) is 0 Å². The van der Waals surface area contributed by atoms with Gasteiger partial charge in [0.2, 0.25) is 11.8 Å². The first-order valence-electron chi connectivity index (χ1n) is 9.28. The van der Waals surface area contributed by atoms with E-state index < -0.39 is 35.7 Å². The maximum atomic E-state index is 13.3. The van der Waals surface area contributed by atoms with Gasteiger partial charge in [0.25, 0.3) is 0 Å². The van der Waals surface area contributed by atoms with Crippen LogP contribution in [0.15, 0.2) is 28.7 Å². The second kappa shape index (κ2) is 9.11. The van der Waals surface area contributed by atoms with Crippen LogP contribution in [0.1, 0.15) is 32.3 Å². The number of halogens is 2. The molecule has 160 valence electrons. The summed E-state index contributed by atoms with van der Waals surface area (Å²) >= 11 is 3.35. The average molecular weight is 472 g/mol. The molecule has 2 rings (SSSR count). The van der Waals surface area contributed by atoms with Crippen LogP contribution in [-0.2, 0) is 14.3 Å². The van der Waals surface area contributed by atoms with E-state index in [0.29, 0.717) is 5.56 Å². The van der Waals surface area contributed by atoms with Gasteiger partial charge in [0.1, 0.15) is 17.8 Å². The lowest BCUT2D eigenvalue weighted by Crippen LogP contribution is -2.61. The van der Waals surface area contributed by atoms with Gasteiger partial charge in [-0.1, -0.05) is 28.1 Å². The van der Waals surface area contributed by atoms with Gasteiger partial charge in [-0.05, 0) is 38.5 Å². The molecule has 7 nitrogen and oxygen atoms in total. The van der Waals surface area contributed by atoms with Gasteiger partial charge in [-0.2, -0.15) is 0 Å². The number of likely N-dealkylation sites (N-methyl/N-ethyl adjacent to an activating group) is 1. The maximum Gasteiger partial charge on any atom is 0.408 e. The van der Waals surface area contributed by atoms with Crippen molar-refractivity contribution in [1.82, 2.24) is 15.1 Å². The molecule has 1 saturated heterocycles. The van der Waals surface area contributed by atoms with E-state index in [1.165, 1.54) is 9.80 Å². The molecule has 0 saturated carbocycles. The SMILES string of the molecule is CN(C)C(=O)[C@@H](c1ccc(Br)cc1)[C@H](NC(=O)OC(C)(C)C)C(=O)N1CC(F)C1. The van der Waals surface area contributed by atoms with Gasteiger partial charge in [-0.25, -0.2) is 9.18 Å². The number of hydrogen-bond acceptors (Lipinski definition) is 4. The minimum atomic E-state index is -1.23. The highest BCUT2D eigenvalue weighted by Crippen LogP contribution is 2.27. The zero-order valence-electron chi connectivity index (χ0n) is 17.2. The molecule has 1 fully saturated rings. The van der Waals surface area contributed by atoms with Crippen molar-refractivity contribution in [2.24, 2.45) is 0 Å². The second-order valence-electron chi connectivity index (χ2n) is 8.23. The van der Waals surface area contributed by atoms with E-state index in [1.54, 1.807) is 59.1 Å². The van der Waals surface area contributed by atoms with Crippen molar-refractivity contribution in [2.45, 2.75) is 44.5 Å². The number of ether oxygens (including phenoxy) is 1. The quantitative estimate of drug-likeness (QED) is 0.715. The van der Waals surface area contributed by atoms with E-state index >= 15 is 0 Å². The molecular weight excluding hydrogens is 445 g/mol. The molecular formula is C20H27BrFN3O4. The fourth-order valence-corrected chi connectivity index (χ4v) is 3.21. The van der Waals surface area contributed by atoms with Crippen LogP contribution in [0, 0.1) is 0 Å². The van der Waals surface area contributed by atoms with Gasteiger partial charge in [-0.15, -0.1) is 0 Å². The summed E-state index contributed by atoms with van der Waals surface area (Å²) in [6.45, 7) is 4.97. The number of benzene rings is 1. The number of nitrogens with one attached hydrogen (secondary N) is 1. The molecule has 0 spiro atoms. The third-order valence-corrected chi connectivity index (χ3v) is 4.88. The fraction of sp³-hybridized carbons (Fsp3) is 0.550. The van der Waals surface area contributed by atoms with Crippen molar-refractivity contribution in [2.75, 3.05) is 27.2 Å². The normalized spacial score (nSPS) is 16.4. The Balaban J connectivity index is 2.41. The molecule has 1 aliphatic heterocycles. The molecule has 0 unspecified atom stereocenters. The predicted octanol–water partition coefficient (Wildman–Crippen LogP) is 2.69. The van der Waals surface area contributed by atoms with E-state index in [1.807, 2.05) is 0 Å². The highest BCUT2D eigenvalue weighted by Gasteiger charge is 2.43. The van der Waals surface area contributed by atoms with E-state index in [9.17, 15) is 18.8 Å². The largest absolute Gasteiger partial charge is 0.444 e. The van der Waals surface area contributed by atoms with E-state index in [0.717, 1.165) is 4.47 Å². The zero-order chi connectivity index (χ0) is 21.9. The third kappa shape index (κ3) is 6.16. The van der Waals surface area contributed by atoms with Gasteiger partial charge in [0, 0.05) is 18.6 Å². The van der Waals surface area contributed by atoms with Crippen LogP contribution in [0.25, 0.3) is 0 Å². The molecule has 2 atom stereocenters. The van der Waals surface area contributed by atoms with E-state index in [4.69, 9.17) is 4.74 Å². The minimum Gasteiger partial charge on any atom is -0.444 e. The van der Waals surface area contributed by atoms with Crippen LogP contribution in [-0.4, -0.2) is 72.7 Å². The Kier molecular flexibility index (Phi) is 7.26. The minimum absolute atomic E-state index is 0.0610. The third-order valence-electron chi connectivity index (χ3n) is 4.36. The number of alkyl carbamates (subject to hydrolysis) is 1. The molecule has 1 aromatic rings. The topological polar surface area (TPSA) is 79.0 Å². The molecule has 0 aromatic heterocycles. The van der Waals surface area contributed by atoms with Gasteiger partial charge in [0.05, 0.1) is 19.0 Å². The van der Waals surface area contributed by atoms with Crippen molar-refractivity contribution in [3.8, 4) is 0 Å². The van der Waals surface area contributed by atoms with Gasteiger partial charge in [-0.3, -0.25) is 9.59 Å². The van der Waals surface area contributed by atoms with Crippen LogP contribution >= 0.6 is 15.9 Å². The number of nitrogens with zero attached hydrogens (tertiary/aromatic N) is 2. The second-order valence-corrected chi connectivity index (χ2v) is 9.14. The predicted molar refractivity (Wildman–Crippen MR) is 110 cm³/mol. The Morgan fingerprint density at radius 2 is 1.76 bits per heavy atom. The Labute approximate surface area is 178 Å². The first-order valence-corrected chi connectivity index (χ1v) is 10.1. The number of rotatable bonds is 5. The van der Waals surface area contributed by atoms with Gasteiger partial charge in [0.15, 0.2) is 0 Å². The summed E-state index contributed by atoms with van der Waals surface area (Å²) in [5, 5.41) is 2.55. The first kappa shape index (κ1) is 23.1. The van der Waals surface area contributed by atoms with Crippen LogP contribution in [0.5, 0.6) is 0 Å². The average Bonchev–Trinajstić information content (AvgIpc) is 2.57. The molecule has 1 aromatic carbocycles. The zero-order valence-corrected chi connectivity index (χ0v) is 18.8. The first-order chi connectivity index (χ1) is 13.4. The monoisotopic (exact) mass is 471 g/mol. The number of carbonyl (C=O) groups excluding carboxylic acids is 3. The molecule has 0 radical (unpaired) electrons. The Hall–Kier alpha value is -2.16. The summed E-state index contributed by atoms with van der Waals surface area (Å²) in [5.41, 5.74) is -0.226. The number of alkyl halides is 1. The van der Waals surface area contributed by atoms with Gasteiger partial charge < -0.3 is 19.9 Å². The number of hydrogen-bond donors (Lipinski definition) is 1. The molecule has 3 amide bonds. The Morgan fingerprint density at radius 3 is 2.21 bits per heavy atom. The fourth-order valence-electron chi connectivity index (χ4n) is 2.95. The molecule has 1 N–H and O–H groups in total. The summed E-state index contributed by atoms with van der Waals surface area (Å²) in [6, 6.07) is 5.69. The summed E-state index contributed by atoms with van der Waals surface area (Å²) in [4.78, 5) is 41.2. The number of carbonyl (C=O) groups is 3. The van der Waals surface area contributed by atoms with Crippen LogP contribution in [0.3, 0.4) is 0 Å². The standard InChI is InChI=1S/C20H27BrFN3O4/c1-20(2,3)29-19(28)23-16(18(27)25-10-14(22)11-25)15(17(26)24(4)5)12-6-8-13(21)9-7-12/h6-9,14-16H,10-11H2,1-5H3,(H,23,28)/t15-,16-/m0/s1. The number of likely N-dealkylation sites (tertiary alicyclic amines) is 1. The lowest BCUT2D eigenvalue weighted by molar-refractivity contribution is -0.144. The molecule has 1 aliphatic rings. The summed E-state index contributed by atoms with van der Waals surface area (Å²) in [6.07, 6.45) is -1.92. The molecule has 9 heteroatoms. The molecule has 0 bridgehead atoms. The summed E-state index contributed by atoms with van der Waals surface area (Å²) in [5.74, 6) is -1.87. The van der Waals surface area contributed by atoms with Gasteiger partial charge >= 0.3 is 6.09 Å². The summed E-state index contributed by atoms with van der Waals surface area (Å²) in [7, 11) is 3.15. The van der Waals surface area contributed by atoms with Crippen molar-refractivity contribution in [3.05, 3.63) is 34.3 Å². The smallest absolute Gasteiger partial charge is 0.408 e. The molecule has 29 heavy (non-hydrogen) atoms. The highest BCUT2D eigenvalue weighted by molar-refractivity contribution is 9.10. The van der Waals surface area contributed by atoms with Crippen molar-refractivity contribution >= 4 is 33.8 Å². The maximum absolute atomic E-state index is 13.3. The van der Waals surface area contributed by atoms with E-state index in [-0.39, 0.29) is 19.0 Å².